The first kappa shape index (κ1) is 6.14. The van der Waals surface area contributed by atoms with E-state index in [2.05, 4.69) is 22.2 Å². The van der Waals surface area contributed by atoms with Crippen molar-refractivity contribution in [2.45, 2.75) is 6.92 Å². The Hall–Kier alpha value is -0.860. The minimum absolute atomic E-state index is 0.490. The number of hydrazone groups is 1. The van der Waals surface area contributed by atoms with Gasteiger partial charge in [-0.15, -0.1) is 0 Å². The van der Waals surface area contributed by atoms with E-state index in [4.69, 9.17) is 0 Å². The predicted molar refractivity (Wildman–Crippen MR) is 31.7 cm³/mol. The molecule has 0 heterocycles. The van der Waals surface area contributed by atoms with Crippen molar-refractivity contribution in [2.24, 2.45) is 10.1 Å². The van der Waals surface area contributed by atoms with Crippen LogP contribution in [0.1, 0.15) is 6.92 Å². The molecule has 0 bridgehead atoms. The number of hydrogen-bond acceptors (Lipinski definition) is 3. The highest BCUT2D eigenvalue weighted by Crippen LogP contribution is 1.56. The molecule has 40 valence electrons. The van der Waals surface area contributed by atoms with Gasteiger partial charge in [-0.1, -0.05) is 0 Å². The third kappa shape index (κ3) is 5.14. The van der Waals surface area contributed by atoms with Crippen LogP contribution >= 0.6 is 0 Å². The first-order chi connectivity index (χ1) is 3.41. The highest BCUT2D eigenvalue weighted by Gasteiger charge is 1.62. The van der Waals surface area contributed by atoms with Crippen molar-refractivity contribution in [2.75, 3.05) is 6.67 Å². The van der Waals surface area contributed by atoms with Crippen molar-refractivity contribution >= 4 is 12.9 Å². The molecule has 0 saturated carbocycles. The Labute approximate surface area is 43.1 Å². The van der Waals surface area contributed by atoms with Gasteiger partial charge in [0.2, 0.25) is 0 Å². The summed E-state index contributed by atoms with van der Waals surface area (Å²) in [5.41, 5.74) is 2.62. The standard InChI is InChI=1S/C4H9N3/c1-3-6-7-4-5-2/h3,7H,2,4H2,1H3/b6-3-. The monoisotopic (exact) mass is 99.1 g/mol. The summed E-state index contributed by atoms with van der Waals surface area (Å²) in [7, 11) is 0. The molecular formula is C4H9N3. The average Bonchev–Trinajstić information content (AvgIpc) is 1.69. The number of rotatable bonds is 3. The molecule has 0 rings (SSSR count). The van der Waals surface area contributed by atoms with Crippen LogP contribution in [0.15, 0.2) is 10.1 Å². The second-order valence-corrected chi connectivity index (χ2v) is 0.927. The Kier molecular flexibility index (Phi) is 4.51. The minimum Gasteiger partial charge on any atom is -0.289 e. The van der Waals surface area contributed by atoms with Gasteiger partial charge in [0.25, 0.3) is 0 Å². The normalized spacial score (nSPS) is 9.29. The quantitative estimate of drug-likeness (QED) is 0.307. The minimum atomic E-state index is 0.490. The SMILES string of the molecule is C=NCN/N=C\C. The molecule has 0 radical (unpaired) electrons. The highest BCUT2D eigenvalue weighted by atomic mass is 15.3. The van der Waals surface area contributed by atoms with Crippen LogP contribution < -0.4 is 5.43 Å². The molecule has 0 fully saturated rings. The van der Waals surface area contributed by atoms with Crippen LogP contribution in [0.5, 0.6) is 0 Å². The maximum absolute atomic E-state index is 3.65. The Morgan fingerprint density at radius 3 is 3.00 bits per heavy atom. The van der Waals surface area contributed by atoms with Gasteiger partial charge in [0.1, 0.15) is 6.67 Å². The summed E-state index contributed by atoms with van der Waals surface area (Å²) in [6.45, 7) is 5.57. The van der Waals surface area contributed by atoms with E-state index < -0.39 is 0 Å². The lowest BCUT2D eigenvalue weighted by Crippen LogP contribution is -2.03. The molecule has 3 nitrogen and oxygen atoms in total. The van der Waals surface area contributed by atoms with Crippen LogP contribution in [-0.4, -0.2) is 19.6 Å². The van der Waals surface area contributed by atoms with Gasteiger partial charge in [0.15, 0.2) is 0 Å². The summed E-state index contributed by atoms with van der Waals surface area (Å²) in [6.07, 6.45) is 1.66. The second-order valence-electron chi connectivity index (χ2n) is 0.927. The Bertz CT molecular complexity index is 67.3. The first-order valence-electron chi connectivity index (χ1n) is 2.05. The maximum Gasteiger partial charge on any atom is 0.122 e. The van der Waals surface area contributed by atoms with Gasteiger partial charge in [-0.25, -0.2) is 0 Å². The molecule has 0 saturated heterocycles. The van der Waals surface area contributed by atoms with Crippen molar-refractivity contribution < 1.29 is 0 Å². The van der Waals surface area contributed by atoms with E-state index in [9.17, 15) is 0 Å². The van der Waals surface area contributed by atoms with Gasteiger partial charge in [0.05, 0.1) is 0 Å². The summed E-state index contributed by atoms with van der Waals surface area (Å²) in [6, 6.07) is 0. The molecule has 0 aromatic carbocycles. The topological polar surface area (TPSA) is 36.8 Å². The van der Waals surface area contributed by atoms with Crippen molar-refractivity contribution in [3.05, 3.63) is 0 Å². The molecule has 0 atom stereocenters. The molecule has 0 aliphatic heterocycles. The molecule has 0 aromatic rings. The van der Waals surface area contributed by atoms with Gasteiger partial charge in [-0.2, -0.15) is 5.10 Å². The molecular weight excluding hydrogens is 90.1 g/mol. The van der Waals surface area contributed by atoms with E-state index in [0.29, 0.717) is 6.67 Å². The average molecular weight is 99.1 g/mol. The van der Waals surface area contributed by atoms with Gasteiger partial charge in [-0.05, 0) is 13.6 Å². The molecule has 1 N–H and O–H groups in total. The summed E-state index contributed by atoms with van der Waals surface area (Å²) < 4.78 is 0. The lowest BCUT2D eigenvalue weighted by Gasteiger charge is -1.87. The van der Waals surface area contributed by atoms with Crippen LogP contribution in [-0.2, 0) is 0 Å². The van der Waals surface area contributed by atoms with E-state index in [0.717, 1.165) is 0 Å². The Balaban J connectivity index is 2.82. The third-order valence-corrected chi connectivity index (χ3v) is 0.403. The highest BCUT2D eigenvalue weighted by molar-refractivity contribution is 5.52. The molecule has 0 aromatic heterocycles. The first-order valence-corrected chi connectivity index (χ1v) is 2.05. The van der Waals surface area contributed by atoms with Crippen LogP contribution in [0, 0.1) is 0 Å². The third-order valence-electron chi connectivity index (χ3n) is 0.403. The van der Waals surface area contributed by atoms with Crippen LogP contribution in [0.3, 0.4) is 0 Å². The zero-order valence-electron chi connectivity index (χ0n) is 4.39. The fourth-order valence-corrected chi connectivity index (χ4v) is 0.182. The van der Waals surface area contributed by atoms with E-state index in [1.807, 2.05) is 6.92 Å². The molecule has 0 unspecified atom stereocenters. The lowest BCUT2D eigenvalue weighted by atomic mass is 10.9. The maximum atomic E-state index is 3.65. The van der Waals surface area contributed by atoms with E-state index in [1.165, 1.54) is 0 Å². The summed E-state index contributed by atoms with van der Waals surface area (Å²) in [4.78, 5) is 3.50. The van der Waals surface area contributed by atoms with Crippen LogP contribution in [0.2, 0.25) is 0 Å². The molecule has 7 heavy (non-hydrogen) atoms. The Morgan fingerprint density at radius 1 is 1.86 bits per heavy atom. The van der Waals surface area contributed by atoms with Gasteiger partial charge in [-0.3, -0.25) is 10.4 Å². The van der Waals surface area contributed by atoms with Crippen molar-refractivity contribution in [3.63, 3.8) is 0 Å². The predicted octanol–water partition coefficient (Wildman–Crippen LogP) is 0.240. The second kappa shape index (κ2) is 5.14. The molecule has 3 heteroatoms. The van der Waals surface area contributed by atoms with Crippen LogP contribution in [0.25, 0.3) is 0 Å². The number of hydrogen-bond donors (Lipinski definition) is 1. The zero-order chi connectivity index (χ0) is 5.54. The van der Waals surface area contributed by atoms with E-state index >= 15 is 0 Å². The fourth-order valence-electron chi connectivity index (χ4n) is 0.182. The number of nitrogens with one attached hydrogen (secondary N) is 1. The largest absolute Gasteiger partial charge is 0.289 e. The van der Waals surface area contributed by atoms with Crippen molar-refractivity contribution in [3.8, 4) is 0 Å². The number of nitrogens with zero attached hydrogens (tertiary/aromatic N) is 2. The fraction of sp³-hybridized carbons (Fsp3) is 0.500. The van der Waals surface area contributed by atoms with Gasteiger partial charge < -0.3 is 0 Å². The number of aliphatic imine (C=N–C) groups is 1. The summed E-state index contributed by atoms with van der Waals surface area (Å²) >= 11 is 0. The summed E-state index contributed by atoms with van der Waals surface area (Å²) in [5, 5.41) is 3.65. The molecule has 0 spiro atoms. The summed E-state index contributed by atoms with van der Waals surface area (Å²) in [5.74, 6) is 0. The van der Waals surface area contributed by atoms with E-state index in [-0.39, 0.29) is 0 Å². The Morgan fingerprint density at radius 2 is 2.57 bits per heavy atom. The molecule has 0 amide bonds. The van der Waals surface area contributed by atoms with Gasteiger partial charge in [0, 0.05) is 6.21 Å². The van der Waals surface area contributed by atoms with E-state index in [1.54, 1.807) is 6.21 Å². The molecule has 0 aliphatic rings. The zero-order valence-corrected chi connectivity index (χ0v) is 4.39. The van der Waals surface area contributed by atoms with Crippen LogP contribution in [0.4, 0.5) is 0 Å². The van der Waals surface area contributed by atoms with Crippen molar-refractivity contribution in [1.82, 2.24) is 5.43 Å². The van der Waals surface area contributed by atoms with Crippen molar-refractivity contribution in [1.29, 1.82) is 0 Å². The molecule has 0 aliphatic carbocycles. The van der Waals surface area contributed by atoms with Gasteiger partial charge >= 0.3 is 0 Å². The smallest absolute Gasteiger partial charge is 0.122 e. The lowest BCUT2D eigenvalue weighted by molar-refractivity contribution is 0.769.